The van der Waals surface area contributed by atoms with Crippen LogP contribution >= 0.6 is 0 Å². The monoisotopic (exact) mass is 210 g/mol. The summed E-state index contributed by atoms with van der Waals surface area (Å²) in [5.41, 5.74) is 2.10. The minimum atomic E-state index is 0.798. The van der Waals surface area contributed by atoms with Crippen LogP contribution in [0.5, 0.6) is 0 Å². The summed E-state index contributed by atoms with van der Waals surface area (Å²) in [6.07, 6.45) is 17.4. The summed E-state index contributed by atoms with van der Waals surface area (Å²) >= 11 is 0. The van der Waals surface area contributed by atoms with Crippen molar-refractivity contribution in [3.63, 3.8) is 0 Å². The van der Waals surface area contributed by atoms with E-state index < -0.39 is 0 Å². The Labute approximate surface area is 100 Å². The Kier molecular flexibility index (Phi) is 8.71. The smallest absolute Gasteiger partial charge is 0.105 e. The van der Waals surface area contributed by atoms with E-state index in [1.807, 2.05) is 55.5 Å². The van der Waals surface area contributed by atoms with Crippen LogP contribution in [0.2, 0.25) is 0 Å². The van der Waals surface area contributed by atoms with Crippen LogP contribution in [-0.2, 0) is 0 Å². The van der Waals surface area contributed by atoms with Gasteiger partial charge in [0.25, 0.3) is 0 Å². The summed E-state index contributed by atoms with van der Waals surface area (Å²) < 4.78 is 0. The lowest BCUT2D eigenvalue weighted by Gasteiger charge is -1.96. The van der Waals surface area contributed by atoms with Crippen LogP contribution < -0.4 is 0 Å². The van der Waals surface area contributed by atoms with E-state index in [-0.39, 0.29) is 0 Å². The second-order valence-corrected chi connectivity index (χ2v) is 3.36. The predicted molar refractivity (Wildman–Crippen MR) is 77.9 cm³/mol. The average Bonchev–Trinajstić information content (AvgIpc) is 2.25. The van der Waals surface area contributed by atoms with Gasteiger partial charge in [-0.2, -0.15) is 0 Å². The molecule has 0 aromatic heterocycles. The molecular formula is C15H19B. The molecule has 82 valence electrons. The highest BCUT2D eigenvalue weighted by Crippen LogP contribution is 2.00. The average molecular weight is 210 g/mol. The first-order valence-electron chi connectivity index (χ1n) is 5.31. The Hall–Kier alpha value is -1.76. The molecule has 0 amide bonds. The molecule has 0 aliphatic carbocycles. The van der Waals surface area contributed by atoms with Crippen molar-refractivity contribution >= 4 is 7.28 Å². The molecule has 0 aromatic rings. The van der Waals surface area contributed by atoms with E-state index in [1.165, 1.54) is 0 Å². The van der Waals surface area contributed by atoms with Crippen molar-refractivity contribution in [2.75, 3.05) is 0 Å². The summed E-state index contributed by atoms with van der Waals surface area (Å²) in [4.78, 5) is 0. The van der Waals surface area contributed by atoms with Crippen LogP contribution in [-0.4, -0.2) is 7.28 Å². The molecule has 0 aliphatic heterocycles. The van der Waals surface area contributed by atoms with Crippen molar-refractivity contribution in [3.8, 4) is 0 Å². The number of rotatable bonds is 7. The largest absolute Gasteiger partial charge is 0.190 e. The molecule has 0 heterocycles. The van der Waals surface area contributed by atoms with E-state index in [4.69, 9.17) is 0 Å². The Morgan fingerprint density at radius 3 is 1.94 bits per heavy atom. The number of hydrogen-bond donors (Lipinski definition) is 0. The molecule has 0 saturated carbocycles. The molecule has 0 aliphatic rings. The van der Waals surface area contributed by atoms with Gasteiger partial charge in [-0.05, 0) is 6.92 Å². The highest BCUT2D eigenvalue weighted by atomic mass is 13.8. The van der Waals surface area contributed by atoms with Gasteiger partial charge in [-0.1, -0.05) is 72.2 Å². The van der Waals surface area contributed by atoms with Crippen LogP contribution in [0.1, 0.15) is 6.92 Å². The minimum Gasteiger partial charge on any atom is -0.105 e. The molecule has 0 bridgehead atoms. The zero-order chi connectivity index (χ0) is 12.2. The lowest BCUT2D eigenvalue weighted by Crippen LogP contribution is -1.94. The molecule has 1 heteroatoms. The maximum absolute atomic E-state index is 3.96. The summed E-state index contributed by atoms with van der Waals surface area (Å²) in [6, 6.07) is 0. The van der Waals surface area contributed by atoms with E-state index in [1.54, 1.807) is 6.08 Å². The third-order valence-corrected chi connectivity index (χ3v) is 1.78. The molecule has 0 radical (unpaired) electrons. The van der Waals surface area contributed by atoms with Crippen LogP contribution in [0, 0.1) is 0 Å². The van der Waals surface area contributed by atoms with Crippen LogP contribution in [0.15, 0.2) is 85.4 Å². The van der Waals surface area contributed by atoms with Gasteiger partial charge in [0, 0.05) is 0 Å². The standard InChI is InChI=1S/C15H19B/c1-5-7-9-11-13-15(4)16-14(3)12-10-8-6-2/h5-13,16H,1,3-4H2,2H3/b8-6-,9-7-,12-10-,13-11-. The third kappa shape index (κ3) is 8.83. The van der Waals surface area contributed by atoms with Gasteiger partial charge in [0.1, 0.15) is 0 Å². The van der Waals surface area contributed by atoms with E-state index in [0.29, 0.717) is 0 Å². The molecule has 0 atom stereocenters. The maximum atomic E-state index is 3.96. The molecule has 0 N–H and O–H groups in total. The van der Waals surface area contributed by atoms with Gasteiger partial charge in [-0.25, -0.2) is 0 Å². The Morgan fingerprint density at radius 2 is 1.44 bits per heavy atom. The normalized spacial score (nSPS) is 11.8. The zero-order valence-corrected chi connectivity index (χ0v) is 10.0. The van der Waals surface area contributed by atoms with Gasteiger partial charge in [-0.3, -0.25) is 0 Å². The van der Waals surface area contributed by atoms with Gasteiger partial charge in [0.2, 0.25) is 0 Å². The zero-order valence-electron chi connectivity index (χ0n) is 10.0. The quantitative estimate of drug-likeness (QED) is 0.441. The molecule has 16 heavy (non-hydrogen) atoms. The Balaban J connectivity index is 4.05. The van der Waals surface area contributed by atoms with Gasteiger partial charge in [0.05, 0.1) is 0 Å². The van der Waals surface area contributed by atoms with Crippen molar-refractivity contribution in [1.29, 1.82) is 0 Å². The molecule has 0 rings (SSSR count). The first-order valence-corrected chi connectivity index (χ1v) is 5.31. The number of hydrogen-bond acceptors (Lipinski definition) is 0. The SMILES string of the molecule is C=C/C=C\C=C/C(=C)BC(=C)/C=C\C=C/C. The first kappa shape index (κ1) is 14.2. The van der Waals surface area contributed by atoms with E-state index >= 15 is 0 Å². The third-order valence-electron chi connectivity index (χ3n) is 1.78. The lowest BCUT2D eigenvalue weighted by atomic mass is 9.63. The highest BCUT2D eigenvalue weighted by molar-refractivity contribution is 6.55. The molecule has 0 fully saturated rings. The fourth-order valence-corrected chi connectivity index (χ4v) is 1.05. The maximum Gasteiger partial charge on any atom is 0.190 e. The van der Waals surface area contributed by atoms with Crippen LogP contribution in [0.4, 0.5) is 0 Å². The molecule has 0 spiro atoms. The van der Waals surface area contributed by atoms with Gasteiger partial charge in [0.15, 0.2) is 7.28 Å². The van der Waals surface area contributed by atoms with E-state index in [0.717, 1.165) is 18.2 Å². The van der Waals surface area contributed by atoms with Gasteiger partial charge < -0.3 is 0 Å². The second-order valence-electron chi connectivity index (χ2n) is 3.36. The summed E-state index contributed by atoms with van der Waals surface area (Å²) in [7, 11) is 0.798. The summed E-state index contributed by atoms with van der Waals surface area (Å²) in [6.45, 7) is 13.5. The molecule has 0 nitrogen and oxygen atoms in total. The predicted octanol–water partition coefficient (Wildman–Crippen LogP) is 3.88. The Morgan fingerprint density at radius 1 is 0.875 bits per heavy atom. The topological polar surface area (TPSA) is 0 Å². The van der Waals surface area contributed by atoms with Gasteiger partial charge in [-0.15, -0.1) is 13.2 Å². The van der Waals surface area contributed by atoms with Crippen molar-refractivity contribution in [3.05, 3.63) is 85.4 Å². The van der Waals surface area contributed by atoms with Crippen LogP contribution in [0.25, 0.3) is 0 Å². The summed E-state index contributed by atoms with van der Waals surface area (Å²) in [5, 5.41) is 0. The molecular weight excluding hydrogens is 191 g/mol. The molecule has 0 unspecified atom stereocenters. The van der Waals surface area contributed by atoms with Gasteiger partial charge >= 0.3 is 0 Å². The van der Waals surface area contributed by atoms with E-state index in [2.05, 4.69) is 19.7 Å². The van der Waals surface area contributed by atoms with Crippen molar-refractivity contribution in [2.45, 2.75) is 6.92 Å². The fourth-order valence-electron chi connectivity index (χ4n) is 1.05. The first-order chi connectivity index (χ1) is 7.70. The second kappa shape index (κ2) is 9.79. The minimum absolute atomic E-state index is 0.798. The lowest BCUT2D eigenvalue weighted by molar-refractivity contribution is 1.72. The highest BCUT2D eigenvalue weighted by Gasteiger charge is 1.93. The van der Waals surface area contributed by atoms with Crippen molar-refractivity contribution in [2.24, 2.45) is 0 Å². The molecule has 0 aromatic carbocycles. The van der Waals surface area contributed by atoms with Crippen LogP contribution in [0.3, 0.4) is 0 Å². The summed E-state index contributed by atoms with van der Waals surface area (Å²) in [5.74, 6) is 0. The van der Waals surface area contributed by atoms with Crippen molar-refractivity contribution < 1.29 is 0 Å². The fraction of sp³-hybridized carbons (Fsp3) is 0.0667. The van der Waals surface area contributed by atoms with Crippen molar-refractivity contribution in [1.82, 2.24) is 0 Å². The van der Waals surface area contributed by atoms with E-state index in [9.17, 15) is 0 Å². The molecule has 0 saturated heterocycles. The number of allylic oxidation sites excluding steroid dienone is 11. The Bertz CT molecular complexity index is 352.